The Morgan fingerprint density at radius 3 is 2.55 bits per heavy atom. The van der Waals surface area contributed by atoms with Crippen molar-refractivity contribution in [2.24, 2.45) is 5.41 Å². The Balaban J connectivity index is 1.41. The number of amides is 2. The van der Waals surface area contributed by atoms with E-state index < -0.39 is 17.0 Å². The van der Waals surface area contributed by atoms with Gasteiger partial charge in [-0.15, -0.1) is 0 Å². The Kier molecular flexibility index (Phi) is 5.73. The second-order valence-corrected chi connectivity index (χ2v) is 8.96. The molecular formula is C23H24ClF2N3O2. The maximum Gasteiger partial charge on any atom is 0.270 e. The van der Waals surface area contributed by atoms with Crippen LogP contribution in [0.25, 0.3) is 0 Å². The van der Waals surface area contributed by atoms with Gasteiger partial charge in [-0.3, -0.25) is 9.59 Å². The summed E-state index contributed by atoms with van der Waals surface area (Å²) in [6.45, 7) is 3.71. The average Bonchev–Trinajstić information content (AvgIpc) is 3.04. The van der Waals surface area contributed by atoms with E-state index in [4.69, 9.17) is 11.6 Å². The molecule has 2 fully saturated rings. The monoisotopic (exact) mass is 447 g/mol. The third-order valence-electron chi connectivity index (χ3n) is 6.56. The van der Waals surface area contributed by atoms with E-state index in [1.165, 1.54) is 25.1 Å². The molecule has 1 saturated heterocycles. The summed E-state index contributed by atoms with van der Waals surface area (Å²) in [5.41, 5.74) is 0.891. The molecule has 0 atom stereocenters. The summed E-state index contributed by atoms with van der Waals surface area (Å²) in [4.78, 5) is 31.4. The molecule has 1 aliphatic heterocycles. The number of benzene rings is 1. The molecule has 2 heterocycles. The van der Waals surface area contributed by atoms with Crippen LogP contribution in [-0.4, -0.2) is 29.4 Å². The van der Waals surface area contributed by atoms with Crippen LogP contribution < -0.4 is 10.2 Å². The van der Waals surface area contributed by atoms with Crippen LogP contribution >= 0.6 is 11.6 Å². The third-order valence-corrected chi connectivity index (χ3v) is 6.87. The number of nitrogens with zero attached hydrogens (tertiary/aromatic N) is 2. The minimum absolute atomic E-state index is 0.0148. The Morgan fingerprint density at radius 1 is 1.16 bits per heavy atom. The largest absolute Gasteiger partial charge is 0.348 e. The zero-order valence-electron chi connectivity index (χ0n) is 17.5. The van der Waals surface area contributed by atoms with E-state index >= 15 is 0 Å². The van der Waals surface area contributed by atoms with E-state index in [0.29, 0.717) is 49.9 Å². The summed E-state index contributed by atoms with van der Waals surface area (Å²) in [6, 6.07) is 5.42. The Hall–Kier alpha value is -2.54. The van der Waals surface area contributed by atoms with E-state index in [0.717, 1.165) is 0 Å². The number of hydrogen-bond acceptors (Lipinski definition) is 3. The summed E-state index contributed by atoms with van der Waals surface area (Å²) in [5.74, 6) is -1.16. The van der Waals surface area contributed by atoms with Crippen molar-refractivity contribution in [2.45, 2.75) is 52.0 Å². The van der Waals surface area contributed by atoms with Crippen LogP contribution in [0.3, 0.4) is 0 Å². The van der Waals surface area contributed by atoms with Crippen LogP contribution in [0.2, 0.25) is 5.02 Å². The molecule has 2 amide bonds. The quantitative estimate of drug-likeness (QED) is 0.740. The average molecular weight is 448 g/mol. The predicted octanol–water partition coefficient (Wildman–Crippen LogP) is 4.73. The highest BCUT2D eigenvalue weighted by Gasteiger charge is 2.49. The summed E-state index contributed by atoms with van der Waals surface area (Å²) in [7, 11) is 0. The zero-order valence-corrected chi connectivity index (χ0v) is 18.2. The number of carbonyl (C=O) groups excluding carboxylic acids is 2. The highest BCUT2D eigenvalue weighted by atomic mass is 35.5. The van der Waals surface area contributed by atoms with Crippen molar-refractivity contribution in [1.82, 2.24) is 10.3 Å². The first kappa shape index (κ1) is 21.7. The molecule has 0 radical (unpaired) electrons. The maximum atomic E-state index is 13.8. The first-order valence-electron chi connectivity index (χ1n) is 10.4. The van der Waals surface area contributed by atoms with Crippen LogP contribution in [0.5, 0.6) is 0 Å². The van der Waals surface area contributed by atoms with Gasteiger partial charge in [0.1, 0.15) is 17.3 Å². The van der Waals surface area contributed by atoms with E-state index in [1.807, 2.05) is 0 Å². The molecule has 8 heteroatoms. The van der Waals surface area contributed by atoms with Crippen LogP contribution in [0.1, 0.15) is 53.8 Å². The minimum atomic E-state index is -0.475. The lowest BCUT2D eigenvalue weighted by Crippen LogP contribution is -2.44. The number of aromatic nitrogens is 1. The predicted molar refractivity (Wildman–Crippen MR) is 114 cm³/mol. The van der Waals surface area contributed by atoms with E-state index in [-0.39, 0.29) is 34.3 Å². The summed E-state index contributed by atoms with van der Waals surface area (Å²) in [5, 5.41) is 3.19. The summed E-state index contributed by atoms with van der Waals surface area (Å²) >= 11 is 6.22. The van der Waals surface area contributed by atoms with Crippen molar-refractivity contribution >= 4 is 29.1 Å². The number of nitrogens with one attached hydrogen (secondary N) is 1. The third kappa shape index (κ3) is 4.03. The van der Waals surface area contributed by atoms with Gasteiger partial charge >= 0.3 is 0 Å². The fourth-order valence-corrected chi connectivity index (χ4v) is 4.86. The topological polar surface area (TPSA) is 62.3 Å². The highest BCUT2D eigenvalue weighted by Crippen LogP contribution is 2.47. The highest BCUT2D eigenvalue weighted by molar-refractivity contribution is 6.34. The number of halogens is 3. The molecule has 1 N–H and O–H groups in total. The first-order chi connectivity index (χ1) is 14.7. The van der Waals surface area contributed by atoms with Gasteiger partial charge in [0, 0.05) is 12.6 Å². The Morgan fingerprint density at radius 2 is 1.87 bits per heavy atom. The van der Waals surface area contributed by atoms with Crippen molar-refractivity contribution in [3.05, 3.63) is 57.9 Å². The molecule has 0 unspecified atom stereocenters. The number of hydrogen-bond donors (Lipinski definition) is 1. The summed E-state index contributed by atoms with van der Waals surface area (Å²) in [6.07, 6.45) is 3.35. The molecule has 1 aromatic heterocycles. The minimum Gasteiger partial charge on any atom is -0.348 e. The molecule has 5 nitrogen and oxygen atoms in total. The number of rotatable bonds is 3. The van der Waals surface area contributed by atoms with E-state index in [1.54, 1.807) is 17.9 Å². The molecule has 1 aromatic carbocycles. The Bertz CT molecular complexity index is 1050. The molecule has 2 aromatic rings. The van der Waals surface area contributed by atoms with Crippen molar-refractivity contribution in [2.75, 3.05) is 11.4 Å². The van der Waals surface area contributed by atoms with Crippen molar-refractivity contribution in [3.63, 3.8) is 0 Å². The van der Waals surface area contributed by atoms with Crippen LogP contribution in [0.15, 0.2) is 24.3 Å². The number of anilines is 1. The van der Waals surface area contributed by atoms with Crippen LogP contribution in [0, 0.1) is 30.9 Å². The van der Waals surface area contributed by atoms with Gasteiger partial charge in [0.25, 0.3) is 5.91 Å². The Labute approximate surface area is 184 Å². The van der Waals surface area contributed by atoms with Crippen molar-refractivity contribution in [1.29, 1.82) is 0 Å². The van der Waals surface area contributed by atoms with Gasteiger partial charge in [-0.25, -0.2) is 13.8 Å². The molecule has 1 spiro atoms. The van der Waals surface area contributed by atoms with Gasteiger partial charge in [-0.1, -0.05) is 11.6 Å². The molecular weight excluding hydrogens is 424 g/mol. The number of aryl methyl sites for hydroxylation is 2. The normalized spacial score (nSPS) is 23.5. The van der Waals surface area contributed by atoms with Gasteiger partial charge < -0.3 is 10.2 Å². The number of pyridine rings is 1. The van der Waals surface area contributed by atoms with Crippen LogP contribution in [-0.2, 0) is 4.79 Å². The fourth-order valence-electron chi connectivity index (χ4n) is 4.61. The molecule has 4 rings (SSSR count). The second-order valence-electron chi connectivity index (χ2n) is 8.55. The second kappa shape index (κ2) is 8.19. The van der Waals surface area contributed by atoms with Crippen LogP contribution in [0.4, 0.5) is 14.5 Å². The van der Waals surface area contributed by atoms with Gasteiger partial charge in [-0.2, -0.15) is 0 Å². The molecule has 1 saturated carbocycles. The maximum absolute atomic E-state index is 13.8. The molecule has 0 bridgehead atoms. The standard InChI is InChI=1S/C23H24ClF2N3O2/c1-13-11-20(16(24)12-18(13)26)29-10-9-23(22(29)31)7-5-15(6-8-23)28-21(30)19-4-3-17(25)14(2)27-19/h3-4,11-12,15H,5-10H2,1-2H3,(H,28,30)/t15-,23-. The van der Waals surface area contributed by atoms with E-state index in [2.05, 4.69) is 10.3 Å². The molecule has 31 heavy (non-hydrogen) atoms. The number of carbonyl (C=O) groups is 2. The summed E-state index contributed by atoms with van der Waals surface area (Å²) < 4.78 is 27.1. The SMILES string of the molecule is Cc1cc(N2CC[C@]3(CC[C@@H](NC(=O)c4ccc(F)c(C)n4)CC3)C2=O)c(Cl)cc1F. The smallest absolute Gasteiger partial charge is 0.270 e. The lowest BCUT2D eigenvalue weighted by molar-refractivity contribution is -0.127. The lowest BCUT2D eigenvalue weighted by atomic mass is 9.71. The molecule has 2 aliphatic rings. The van der Waals surface area contributed by atoms with Gasteiger partial charge in [-0.05, 0) is 75.8 Å². The van der Waals surface area contributed by atoms with Crippen molar-refractivity contribution < 1.29 is 18.4 Å². The molecule has 1 aliphatic carbocycles. The van der Waals surface area contributed by atoms with Gasteiger partial charge in [0.2, 0.25) is 5.91 Å². The first-order valence-corrected chi connectivity index (χ1v) is 10.8. The fraction of sp³-hybridized carbons (Fsp3) is 0.435. The van der Waals surface area contributed by atoms with E-state index in [9.17, 15) is 18.4 Å². The van der Waals surface area contributed by atoms with Gasteiger partial charge in [0.15, 0.2) is 0 Å². The zero-order chi connectivity index (χ0) is 22.3. The molecule has 164 valence electrons. The van der Waals surface area contributed by atoms with Gasteiger partial charge in [0.05, 0.1) is 21.8 Å². The van der Waals surface area contributed by atoms with Crippen molar-refractivity contribution in [3.8, 4) is 0 Å². The lowest BCUT2D eigenvalue weighted by Gasteiger charge is -2.36.